The first-order valence-corrected chi connectivity index (χ1v) is 9.56. The second kappa shape index (κ2) is 8.05. The van der Waals surface area contributed by atoms with Gasteiger partial charge in [-0.2, -0.15) is 0 Å². The Balaban J connectivity index is 1.82. The van der Waals surface area contributed by atoms with Crippen molar-refractivity contribution in [1.82, 2.24) is 9.88 Å². The van der Waals surface area contributed by atoms with Crippen LogP contribution >= 0.6 is 0 Å². The summed E-state index contributed by atoms with van der Waals surface area (Å²) in [6.07, 6.45) is 3.33. The molecule has 150 valence electrons. The molecule has 0 radical (unpaired) electrons. The molecule has 0 saturated carbocycles. The van der Waals surface area contributed by atoms with Crippen molar-refractivity contribution >= 4 is 17.4 Å². The number of nitrogens with zero attached hydrogens (tertiary/aromatic N) is 2. The number of hydrogen-bond acceptors (Lipinski definition) is 6. The van der Waals surface area contributed by atoms with Gasteiger partial charge in [-0.1, -0.05) is 6.07 Å². The normalized spacial score (nSPS) is 20.4. The van der Waals surface area contributed by atoms with Crippen molar-refractivity contribution in [2.24, 2.45) is 0 Å². The molecule has 0 spiro atoms. The van der Waals surface area contributed by atoms with Gasteiger partial charge in [0.05, 0.1) is 24.5 Å². The van der Waals surface area contributed by atoms with E-state index in [0.29, 0.717) is 17.9 Å². The number of carbonyl (C=O) groups excluding carboxylic acids is 2. The summed E-state index contributed by atoms with van der Waals surface area (Å²) in [7, 11) is 1.53. The van der Waals surface area contributed by atoms with Gasteiger partial charge in [-0.05, 0) is 48.7 Å². The maximum absolute atomic E-state index is 12.9. The third kappa shape index (κ3) is 3.49. The van der Waals surface area contributed by atoms with E-state index in [9.17, 15) is 14.7 Å². The predicted octanol–water partition coefficient (Wildman–Crippen LogP) is 2.47. The van der Waals surface area contributed by atoms with Gasteiger partial charge in [0.1, 0.15) is 17.6 Å². The number of rotatable bonds is 5. The maximum Gasteiger partial charge on any atom is 0.295 e. The summed E-state index contributed by atoms with van der Waals surface area (Å²) in [5.41, 5.74) is 2.02. The second-order valence-corrected chi connectivity index (χ2v) is 7.01. The molecule has 0 aliphatic carbocycles. The average Bonchev–Trinajstić information content (AvgIpc) is 3.02. The summed E-state index contributed by atoms with van der Waals surface area (Å²) in [6.45, 7) is 1.16. The first-order valence-electron chi connectivity index (χ1n) is 9.56. The summed E-state index contributed by atoms with van der Waals surface area (Å²) in [5, 5.41) is 11.1. The number of Topliss-reactive ketones (excluding diaryl/α,β-unsaturated/α-hetero) is 1. The zero-order chi connectivity index (χ0) is 20.4. The second-order valence-electron chi connectivity index (χ2n) is 7.01. The molecule has 1 N–H and O–H groups in total. The molecule has 3 heterocycles. The van der Waals surface area contributed by atoms with Crippen LogP contribution in [-0.4, -0.2) is 53.5 Å². The van der Waals surface area contributed by atoms with Crippen LogP contribution in [0.5, 0.6) is 5.75 Å². The van der Waals surface area contributed by atoms with Gasteiger partial charge >= 0.3 is 0 Å². The lowest BCUT2D eigenvalue weighted by molar-refractivity contribution is -0.140. The Morgan fingerprint density at radius 2 is 2.17 bits per heavy atom. The van der Waals surface area contributed by atoms with Crippen molar-refractivity contribution < 1.29 is 24.2 Å². The Morgan fingerprint density at radius 1 is 1.31 bits per heavy atom. The first-order chi connectivity index (χ1) is 14.1. The molecule has 1 fully saturated rings. The zero-order valence-electron chi connectivity index (χ0n) is 16.1. The molecule has 1 amide bonds. The Labute approximate surface area is 168 Å². The van der Waals surface area contributed by atoms with Crippen molar-refractivity contribution in [3.05, 3.63) is 65.0 Å². The van der Waals surface area contributed by atoms with Gasteiger partial charge in [-0.25, -0.2) is 0 Å². The highest BCUT2D eigenvalue weighted by atomic mass is 16.5. The molecule has 0 bridgehead atoms. The fraction of sp³-hybridized carbons (Fsp3) is 0.318. The number of likely N-dealkylation sites (tertiary alicyclic amines) is 1. The SMILES string of the molecule is COCCN1C(=O)C(=O)/C(=C(\O)c2ccc3c(c2)CCCO3)C1c1ccccn1. The van der Waals surface area contributed by atoms with E-state index in [1.165, 1.54) is 12.0 Å². The Kier molecular flexibility index (Phi) is 5.31. The van der Waals surface area contributed by atoms with Gasteiger partial charge in [0, 0.05) is 25.4 Å². The molecule has 4 rings (SSSR count). The molecule has 1 aromatic heterocycles. The number of hydrogen-bond donors (Lipinski definition) is 1. The highest BCUT2D eigenvalue weighted by Crippen LogP contribution is 2.39. The Bertz CT molecular complexity index is 970. The van der Waals surface area contributed by atoms with E-state index in [1.807, 2.05) is 6.07 Å². The molecule has 2 aliphatic rings. The number of ketones is 1. The van der Waals surface area contributed by atoms with Crippen molar-refractivity contribution in [3.63, 3.8) is 0 Å². The van der Waals surface area contributed by atoms with Crippen molar-refractivity contribution in [2.45, 2.75) is 18.9 Å². The minimum atomic E-state index is -0.765. The molecule has 29 heavy (non-hydrogen) atoms. The van der Waals surface area contributed by atoms with Gasteiger partial charge in [0.2, 0.25) is 0 Å². The van der Waals surface area contributed by atoms with Crippen molar-refractivity contribution in [2.75, 3.05) is 26.9 Å². The molecule has 1 unspecified atom stereocenters. The monoisotopic (exact) mass is 394 g/mol. The van der Waals surface area contributed by atoms with Gasteiger partial charge in [-0.3, -0.25) is 14.6 Å². The quantitative estimate of drug-likeness (QED) is 0.476. The van der Waals surface area contributed by atoms with Crippen LogP contribution in [-0.2, 0) is 20.7 Å². The third-order valence-electron chi connectivity index (χ3n) is 5.23. The number of methoxy groups -OCH3 is 1. The topological polar surface area (TPSA) is 89.0 Å². The van der Waals surface area contributed by atoms with Crippen LogP contribution in [0.1, 0.15) is 29.3 Å². The number of carbonyl (C=O) groups is 2. The fourth-order valence-corrected chi connectivity index (χ4v) is 3.81. The summed E-state index contributed by atoms with van der Waals surface area (Å²) in [4.78, 5) is 31.3. The number of aliphatic hydroxyl groups is 1. The van der Waals surface area contributed by atoms with E-state index in [0.717, 1.165) is 24.2 Å². The number of ether oxygens (including phenoxy) is 2. The average molecular weight is 394 g/mol. The lowest BCUT2D eigenvalue weighted by atomic mass is 9.96. The van der Waals surface area contributed by atoms with Gasteiger partial charge in [0.25, 0.3) is 11.7 Å². The number of benzene rings is 1. The molecule has 2 aliphatic heterocycles. The first kappa shape index (κ1) is 19.1. The highest BCUT2D eigenvalue weighted by Gasteiger charge is 2.46. The number of aryl methyl sites for hydroxylation is 1. The lowest BCUT2D eigenvalue weighted by Crippen LogP contribution is -2.33. The van der Waals surface area contributed by atoms with E-state index in [2.05, 4.69) is 4.98 Å². The number of pyridine rings is 1. The fourth-order valence-electron chi connectivity index (χ4n) is 3.81. The molecular weight excluding hydrogens is 372 g/mol. The number of amides is 1. The van der Waals surface area contributed by atoms with Crippen LogP contribution < -0.4 is 4.74 Å². The van der Waals surface area contributed by atoms with Crippen LogP contribution in [0, 0.1) is 0 Å². The van der Waals surface area contributed by atoms with Crippen LogP contribution in [0.4, 0.5) is 0 Å². The number of fused-ring (bicyclic) bond motifs is 1. The molecule has 1 atom stereocenters. The maximum atomic E-state index is 12.9. The van der Waals surface area contributed by atoms with E-state index < -0.39 is 17.7 Å². The molecule has 1 aromatic carbocycles. The summed E-state index contributed by atoms with van der Waals surface area (Å²) in [6, 6.07) is 9.84. The predicted molar refractivity (Wildman–Crippen MR) is 105 cm³/mol. The van der Waals surface area contributed by atoms with Crippen LogP contribution in [0.3, 0.4) is 0 Å². The molecule has 7 heteroatoms. The smallest absolute Gasteiger partial charge is 0.295 e. The highest BCUT2D eigenvalue weighted by molar-refractivity contribution is 6.46. The standard InChI is InChI=1S/C22H22N2O5/c1-28-12-10-24-19(16-6-2-3-9-23-16)18(21(26)22(24)27)20(25)15-7-8-17-14(13-15)5-4-11-29-17/h2-3,6-9,13,19,25H,4-5,10-12H2,1H3/b20-18-. The minimum Gasteiger partial charge on any atom is -0.507 e. The molecule has 1 saturated heterocycles. The van der Waals surface area contributed by atoms with E-state index in [4.69, 9.17) is 9.47 Å². The Hall–Kier alpha value is -3.19. The van der Waals surface area contributed by atoms with Gasteiger partial charge in [0.15, 0.2) is 0 Å². The van der Waals surface area contributed by atoms with E-state index in [1.54, 1.807) is 36.5 Å². The van der Waals surface area contributed by atoms with Crippen molar-refractivity contribution in [1.29, 1.82) is 0 Å². The molecule has 7 nitrogen and oxygen atoms in total. The van der Waals surface area contributed by atoms with Gasteiger partial charge < -0.3 is 19.5 Å². The minimum absolute atomic E-state index is 0.0430. The van der Waals surface area contributed by atoms with E-state index in [-0.39, 0.29) is 24.5 Å². The van der Waals surface area contributed by atoms with Crippen LogP contribution in [0.15, 0.2) is 48.2 Å². The number of aliphatic hydroxyl groups excluding tert-OH is 1. The summed E-state index contributed by atoms with van der Waals surface area (Å²) in [5.74, 6) is -0.800. The lowest BCUT2D eigenvalue weighted by Gasteiger charge is -2.24. The van der Waals surface area contributed by atoms with Crippen molar-refractivity contribution in [3.8, 4) is 5.75 Å². The molecule has 2 aromatic rings. The van der Waals surface area contributed by atoms with Crippen LogP contribution in [0.2, 0.25) is 0 Å². The third-order valence-corrected chi connectivity index (χ3v) is 5.23. The van der Waals surface area contributed by atoms with Crippen LogP contribution in [0.25, 0.3) is 5.76 Å². The zero-order valence-corrected chi connectivity index (χ0v) is 16.1. The van der Waals surface area contributed by atoms with Gasteiger partial charge in [-0.15, -0.1) is 0 Å². The Morgan fingerprint density at radius 3 is 2.93 bits per heavy atom. The number of aromatic nitrogens is 1. The largest absolute Gasteiger partial charge is 0.507 e. The summed E-state index contributed by atoms with van der Waals surface area (Å²) < 4.78 is 10.7. The molecular formula is C22H22N2O5. The summed E-state index contributed by atoms with van der Waals surface area (Å²) >= 11 is 0. The van der Waals surface area contributed by atoms with E-state index >= 15 is 0 Å².